The Morgan fingerprint density at radius 1 is 1.00 bits per heavy atom. The smallest absolute Gasteiger partial charge is 0.257 e. The van der Waals surface area contributed by atoms with Crippen molar-refractivity contribution in [2.75, 3.05) is 13.1 Å². The molecule has 0 amide bonds. The largest absolute Gasteiger partial charge is 0.308 e. The van der Waals surface area contributed by atoms with Gasteiger partial charge in [0.1, 0.15) is 0 Å². The number of hydrogen-bond acceptors (Lipinski definition) is 1. The standard InChI is InChI=1S/C19H20N2/c1-3-19(20-2)14-21(15-19)18(16-10-6-4-7-11-16)17-12-8-5-9-13-17/h4-13,18H,3,14-15H2,1H3. The van der Waals surface area contributed by atoms with Crippen LogP contribution in [-0.2, 0) is 0 Å². The van der Waals surface area contributed by atoms with E-state index in [1.165, 1.54) is 11.1 Å². The topological polar surface area (TPSA) is 7.60 Å². The lowest BCUT2D eigenvalue weighted by atomic mass is 9.83. The van der Waals surface area contributed by atoms with Gasteiger partial charge in [0, 0.05) is 6.42 Å². The highest BCUT2D eigenvalue weighted by atomic mass is 15.3. The van der Waals surface area contributed by atoms with Crippen LogP contribution >= 0.6 is 0 Å². The summed E-state index contributed by atoms with van der Waals surface area (Å²) in [6, 6.07) is 21.5. The minimum Gasteiger partial charge on any atom is -0.308 e. The molecule has 0 atom stereocenters. The van der Waals surface area contributed by atoms with Crippen molar-refractivity contribution < 1.29 is 0 Å². The van der Waals surface area contributed by atoms with E-state index < -0.39 is 0 Å². The Kier molecular flexibility index (Phi) is 3.77. The van der Waals surface area contributed by atoms with Gasteiger partial charge >= 0.3 is 0 Å². The zero-order valence-electron chi connectivity index (χ0n) is 12.4. The van der Waals surface area contributed by atoms with E-state index in [0.717, 1.165) is 19.5 Å². The second-order valence-electron chi connectivity index (χ2n) is 5.82. The molecule has 3 rings (SSSR count). The summed E-state index contributed by atoms with van der Waals surface area (Å²) < 4.78 is 0. The van der Waals surface area contributed by atoms with Crippen molar-refractivity contribution in [2.45, 2.75) is 24.9 Å². The molecule has 1 aliphatic rings. The first-order valence-corrected chi connectivity index (χ1v) is 7.50. The van der Waals surface area contributed by atoms with Crippen LogP contribution in [0.1, 0.15) is 30.5 Å². The van der Waals surface area contributed by atoms with Gasteiger partial charge in [-0.3, -0.25) is 4.90 Å². The Balaban J connectivity index is 1.91. The molecule has 0 bridgehead atoms. The van der Waals surface area contributed by atoms with Gasteiger partial charge in [0.15, 0.2) is 0 Å². The van der Waals surface area contributed by atoms with Gasteiger partial charge in [0.2, 0.25) is 0 Å². The van der Waals surface area contributed by atoms with E-state index in [-0.39, 0.29) is 11.6 Å². The SMILES string of the molecule is [C-]#[N+]C1(CC)CN(C(c2ccccc2)c2ccccc2)C1. The van der Waals surface area contributed by atoms with Crippen LogP contribution in [-0.4, -0.2) is 23.5 Å². The lowest BCUT2D eigenvalue weighted by molar-refractivity contribution is 0.0641. The fourth-order valence-electron chi connectivity index (χ4n) is 3.15. The maximum absolute atomic E-state index is 7.45. The van der Waals surface area contributed by atoms with Gasteiger partial charge in [-0.05, 0) is 11.1 Å². The third-order valence-corrected chi connectivity index (χ3v) is 4.49. The van der Waals surface area contributed by atoms with Gasteiger partial charge in [0.05, 0.1) is 19.1 Å². The fraction of sp³-hybridized carbons (Fsp3) is 0.316. The number of benzene rings is 2. The van der Waals surface area contributed by atoms with E-state index in [0.29, 0.717) is 0 Å². The van der Waals surface area contributed by atoms with Crippen molar-refractivity contribution in [3.05, 3.63) is 83.2 Å². The molecule has 1 heterocycles. The van der Waals surface area contributed by atoms with E-state index in [1.807, 2.05) is 0 Å². The third-order valence-electron chi connectivity index (χ3n) is 4.49. The molecule has 106 valence electrons. The molecule has 0 saturated carbocycles. The fourth-order valence-corrected chi connectivity index (χ4v) is 3.15. The predicted molar refractivity (Wildman–Crippen MR) is 85.9 cm³/mol. The first kappa shape index (κ1) is 13.9. The van der Waals surface area contributed by atoms with Crippen LogP contribution in [0.4, 0.5) is 0 Å². The molecule has 0 unspecified atom stereocenters. The van der Waals surface area contributed by atoms with E-state index in [9.17, 15) is 0 Å². The lowest BCUT2D eigenvalue weighted by Gasteiger charge is -2.45. The van der Waals surface area contributed by atoms with Crippen LogP contribution in [0.25, 0.3) is 4.85 Å². The molecule has 21 heavy (non-hydrogen) atoms. The minimum atomic E-state index is -0.165. The Labute approximate surface area is 126 Å². The molecule has 2 aromatic carbocycles. The molecule has 2 aromatic rings. The van der Waals surface area contributed by atoms with Crippen molar-refractivity contribution in [1.29, 1.82) is 0 Å². The summed E-state index contributed by atoms with van der Waals surface area (Å²) >= 11 is 0. The molecule has 0 aromatic heterocycles. The quantitative estimate of drug-likeness (QED) is 0.761. The van der Waals surface area contributed by atoms with Gasteiger partial charge in [-0.2, -0.15) is 0 Å². The summed E-state index contributed by atoms with van der Waals surface area (Å²) in [7, 11) is 0. The van der Waals surface area contributed by atoms with Crippen LogP contribution in [0.5, 0.6) is 0 Å². The van der Waals surface area contributed by atoms with Crippen LogP contribution in [0.3, 0.4) is 0 Å². The highest BCUT2D eigenvalue weighted by molar-refractivity contribution is 5.33. The van der Waals surface area contributed by atoms with Crippen molar-refractivity contribution in [2.24, 2.45) is 0 Å². The zero-order valence-corrected chi connectivity index (χ0v) is 12.4. The molecule has 1 saturated heterocycles. The third kappa shape index (κ3) is 2.57. The average molecular weight is 276 g/mol. The van der Waals surface area contributed by atoms with E-state index in [2.05, 4.69) is 77.3 Å². The second-order valence-corrected chi connectivity index (χ2v) is 5.82. The highest BCUT2D eigenvalue weighted by Gasteiger charge is 2.50. The highest BCUT2D eigenvalue weighted by Crippen LogP contribution is 2.38. The summed E-state index contributed by atoms with van der Waals surface area (Å²) in [6.45, 7) is 11.3. The molecular formula is C19H20N2. The summed E-state index contributed by atoms with van der Waals surface area (Å²) in [5.74, 6) is 0. The maximum atomic E-state index is 7.45. The molecule has 1 fully saturated rings. The predicted octanol–water partition coefficient (Wildman–Crippen LogP) is 4.16. The van der Waals surface area contributed by atoms with Gasteiger partial charge in [-0.1, -0.05) is 67.6 Å². The van der Waals surface area contributed by atoms with E-state index >= 15 is 0 Å². The average Bonchev–Trinajstić information content (AvgIpc) is 2.52. The van der Waals surface area contributed by atoms with Crippen molar-refractivity contribution in [3.63, 3.8) is 0 Å². The molecule has 1 aliphatic heterocycles. The van der Waals surface area contributed by atoms with Crippen LogP contribution < -0.4 is 0 Å². The lowest BCUT2D eigenvalue weighted by Crippen LogP contribution is -2.60. The molecule has 2 heteroatoms. The number of rotatable bonds is 4. The summed E-state index contributed by atoms with van der Waals surface area (Å²) in [5, 5.41) is 0. The van der Waals surface area contributed by atoms with E-state index in [1.54, 1.807) is 0 Å². The van der Waals surface area contributed by atoms with Gasteiger partial charge in [0.25, 0.3) is 5.54 Å². The summed E-state index contributed by atoms with van der Waals surface area (Å²) in [4.78, 5) is 6.29. The Morgan fingerprint density at radius 3 is 1.86 bits per heavy atom. The summed E-state index contributed by atoms with van der Waals surface area (Å²) in [6.07, 6.45) is 0.934. The number of likely N-dealkylation sites (tertiary alicyclic amines) is 1. The first-order chi connectivity index (χ1) is 10.3. The number of hydrogen-bond donors (Lipinski definition) is 0. The molecule has 0 radical (unpaired) electrons. The van der Waals surface area contributed by atoms with Crippen LogP contribution in [0.15, 0.2) is 60.7 Å². The van der Waals surface area contributed by atoms with Crippen LogP contribution in [0.2, 0.25) is 0 Å². The van der Waals surface area contributed by atoms with Gasteiger partial charge in [-0.25, -0.2) is 6.57 Å². The molecular weight excluding hydrogens is 256 g/mol. The molecule has 0 N–H and O–H groups in total. The second kappa shape index (κ2) is 5.71. The zero-order chi connectivity index (χ0) is 14.7. The van der Waals surface area contributed by atoms with Gasteiger partial charge in [-0.15, -0.1) is 0 Å². The number of nitrogens with zero attached hydrogens (tertiary/aromatic N) is 2. The monoisotopic (exact) mass is 276 g/mol. The van der Waals surface area contributed by atoms with Crippen molar-refractivity contribution in [3.8, 4) is 0 Å². The van der Waals surface area contributed by atoms with E-state index in [4.69, 9.17) is 6.57 Å². The Morgan fingerprint density at radius 2 is 1.48 bits per heavy atom. The minimum absolute atomic E-state index is 0.165. The van der Waals surface area contributed by atoms with Crippen molar-refractivity contribution in [1.82, 2.24) is 4.90 Å². The Bertz CT molecular complexity index is 582. The van der Waals surface area contributed by atoms with Crippen LogP contribution in [0, 0.1) is 6.57 Å². The van der Waals surface area contributed by atoms with Gasteiger partial charge < -0.3 is 4.85 Å². The molecule has 0 aliphatic carbocycles. The first-order valence-electron chi connectivity index (χ1n) is 7.50. The normalized spacial score (nSPS) is 17.2. The molecule has 2 nitrogen and oxygen atoms in total. The Hall–Kier alpha value is -2.11. The summed E-state index contributed by atoms with van der Waals surface area (Å²) in [5.41, 5.74) is 2.44. The van der Waals surface area contributed by atoms with Crippen molar-refractivity contribution >= 4 is 0 Å². The molecule has 0 spiro atoms. The maximum Gasteiger partial charge on any atom is 0.257 e.